The first-order valence-corrected chi connectivity index (χ1v) is 10.4. The Morgan fingerprint density at radius 2 is 2.17 bits per heavy atom. The molecule has 3 aromatic rings. The van der Waals surface area contributed by atoms with Crippen LogP contribution in [0.4, 0.5) is 5.69 Å². The van der Waals surface area contributed by atoms with Crippen LogP contribution in [0.15, 0.2) is 52.6 Å². The molecule has 0 unspecified atom stereocenters. The van der Waals surface area contributed by atoms with Crippen molar-refractivity contribution in [2.24, 2.45) is 4.99 Å². The summed E-state index contributed by atoms with van der Waals surface area (Å²) in [6.45, 7) is 3.46. The Labute approximate surface area is 179 Å². The molecule has 0 spiro atoms. The summed E-state index contributed by atoms with van der Waals surface area (Å²) < 4.78 is 5.77. The fourth-order valence-electron chi connectivity index (χ4n) is 3.02. The number of pyridine rings is 1. The van der Waals surface area contributed by atoms with Crippen molar-refractivity contribution in [3.05, 3.63) is 58.8 Å². The van der Waals surface area contributed by atoms with Gasteiger partial charge in [-0.25, -0.2) is 9.98 Å². The van der Waals surface area contributed by atoms with Crippen molar-refractivity contribution >= 4 is 45.6 Å². The minimum atomic E-state index is -0.154. The first kappa shape index (κ1) is 20.2. The summed E-state index contributed by atoms with van der Waals surface area (Å²) >= 11 is 1.33. The average molecular weight is 422 g/mol. The number of fused-ring (bicyclic) bond motifs is 1. The summed E-state index contributed by atoms with van der Waals surface area (Å²) in [6, 6.07) is 9.63. The third-order valence-electron chi connectivity index (χ3n) is 4.62. The lowest BCUT2D eigenvalue weighted by Crippen LogP contribution is -2.19. The molecule has 1 fully saturated rings. The van der Waals surface area contributed by atoms with Crippen LogP contribution in [0, 0.1) is 6.92 Å². The van der Waals surface area contributed by atoms with Gasteiger partial charge in [-0.1, -0.05) is 0 Å². The molecule has 30 heavy (non-hydrogen) atoms. The normalized spacial score (nSPS) is 16.7. The highest BCUT2D eigenvalue weighted by Gasteiger charge is 2.24. The number of hydrogen-bond acceptors (Lipinski definition) is 6. The van der Waals surface area contributed by atoms with Crippen LogP contribution in [0.25, 0.3) is 17.1 Å². The molecule has 4 rings (SSSR count). The SMILES string of the molecule is Cc1cc(OCCN(C)C)ccc1/N=C1/NC(=O)/C(=C/c2c[nH]c3ncccc23)S1. The van der Waals surface area contributed by atoms with E-state index in [1.807, 2.05) is 63.6 Å². The fourth-order valence-corrected chi connectivity index (χ4v) is 3.84. The van der Waals surface area contributed by atoms with E-state index >= 15 is 0 Å². The number of nitrogens with one attached hydrogen (secondary N) is 2. The van der Waals surface area contributed by atoms with Crippen molar-refractivity contribution in [2.75, 3.05) is 27.2 Å². The molecule has 0 bridgehead atoms. The van der Waals surface area contributed by atoms with Gasteiger partial charge in [0.15, 0.2) is 5.17 Å². The van der Waals surface area contributed by atoms with Gasteiger partial charge in [-0.2, -0.15) is 0 Å². The number of aryl methyl sites for hydroxylation is 1. The number of rotatable bonds is 6. The van der Waals surface area contributed by atoms with Crippen LogP contribution in [0.3, 0.4) is 0 Å². The number of aromatic amines is 1. The molecular formula is C22H23N5O2S. The number of ether oxygens (including phenoxy) is 1. The summed E-state index contributed by atoms with van der Waals surface area (Å²) in [5, 5.41) is 4.38. The number of amidine groups is 1. The van der Waals surface area contributed by atoms with E-state index in [1.54, 1.807) is 6.20 Å². The van der Waals surface area contributed by atoms with Gasteiger partial charge in [0.1, 0.15) is 18.0 Å². The monoisotopic (exact) mass is 421 g/mol. The molecule has 2 aromatic heterocycles. The molecule has 1 saturated heterocycles. The zero-order valence-corrected chi connectivity index (χ0v) is 17.9. The topological polar surface area (TPSA) is 82.6 Å². The number of nitrogens with zero attached hydrogens (tertiary/aromatic N) is 3. The average Bonchev–Trinajstić information content (AvgIpc) is 3.27. The Morgan fingerprint density at radius 3 is 2.97 bits per heavy atom. The smallest absolute Gasteiger partial charge is 0.264 e. The molecule has 1 amide bonds. The molecule has 2 N–H and O–H groups in total. The van der Waals surface area contributed by atoms with Crippen molar-refractivity contribution in [2.45, 2.75) is 6.92 Å². The highest BCUT2D eigenvalue weighted by molar-refractivity contribution is 8.18. The predicted octanol–water partition coefficient (Wildman–Crippen LogP) is 3.70. The minimum Gasteiger partial charge on any atom is -0.492 e. The number of carbonyl (C=O) groups is 1. The van der Waals surface area contributed by atoms with E-state index in [-0.39, 0.29) is 5.91 Å². The maximum atomic E-state index is 12.4. The second-order valence-electron chi connectivity index (χ2n) is 7.23. The molecule has 7 nitrogen and oxygen atoms in total. The minimum absolute atomic E-state index is 0.154. The van der Waals surface area contributed by atoms with E-state index in [4.69, 9.17) is 4.74 Å². The number of hydrogen-bond donors (Lipinski definition) is 2. The molecule has 1 aromatic carbocycles. The van der Waals surface area contributed by atoms with Gasteiger partial charge in [-0.3, -0.25) is 4.79 Å². The van der Waals surface area contributed by atoms with Gasteiger partial charge in [-0.15, -0.1) is 0 Å². The number of aromatic nitrogens is 2. The summed E-state index contributed by atoms with van der Waals surface area (Å²) in [7, 11) is 4.03. The van der Waals surface area contributed by atoms with E-state index in [0.29, 0.717) is 16.7 Å². The van der Waals surface area contributed by atoms with Crippen molar-refractivity contribution in [3.63, 3.8) is 0 Å². The quantitative estimate of drug-likeness (QED) is 0.593. The Hall–Kier alpha value is -3.10. The molecular weight excluding hydrogens is 398 g/mol. The van der Waals surface area contributed by atoms with Gasteiger partial charge in [0, 0.05) is 29.9 Å². The molecule has 0 aliphatic carbocycles. The number of amides is 1. The maximum absolute atomic E-state index is 12.4. The lowest BCUT2D eigenvalue weighted by Gasteiger charge is -2.12. The zero-order valence-electron chi connectivity index (χ0n) is 17.1. The molecule has 1 aliphatic heterocycles. The van der Waals surface area contributed by atoms with Crippen LogP contribution in [-0.2, 0) is 4.79 Å². The van der Waals surface area contributed by atoms with Crippen LogP contribution in [0.1, 0.15) is 11.1 Å². The Kier molecular flexibility index (Phi) is 5.87. The maximum Gasteiger partial charge on any atom is 0.264 e. The van der Waals surface area contributed by atoms with Gasteiger partial charge < -0.3 is 19.9 Å². The lowest BCUT2D eigenvalue weighted by atomic mass is 10.2. The zero-order chi connectivity index (χ0) is 21.1. The fraction of sp³-hybridized carbons (Fsp3) is 0.227. The molecule has 0 atom stereocenters. The van der Waals surface area contributed by atoms with Crippen LogP contribution in [-0.4, -0.2) is 53.2 Å². The Morgan fingerprint density at radius 1 is 1.30 bits per heavy atom. The third kappa shape index (κ3) is 4.55. The number of carbonyl (C=O) groups excluding carboxylic acids is 1. The van der Waals surface area contributed by atoms with Gasteiger partial charge in [-0.05, 0) is 74.8 Å². The van der Waals surface area contributed by atoms with Crippen molar-refractivity contribution in [1.29, 1.82) is 0 Å². The van der Waals surface area contributed by atoms with Gasteiger partial charge in [0.25, 0.3) is 5.91 Å². The van der Waals surface area contributed by atoms with E-state index < -0.39 is 0 Å². The van der Waals surface area contributed by atoms with Crippen LogP contribution < -0.4 is 10.1 Å². The second-order valence-corrected chi connectivity index (χ2v) is 8.26. The third-order valence-corrected chi connectivity index (χ3v) is 5.53. The van der Waals surface area contributed by atoms with Crippen molar-refractivity contribution < 1.29 is 9.53 Å². The molecule has 8 heteroatoms. The van der Waals surface area contributed by atoms with Crippen molar-refractivity contribution in [1.82, 2.24) is 20.2 Å². The second kappa shape index (κ2) is 8.73. The first-order chi connectivity index (χ1) is 14.5. The molecule has 154 valence electrons. The largest absolute Gasteiger partial charge is 0.492 e. The molecule has 3 heterocycles. The van der Waals surface area contributed by atoms with Crippen LogP contribution in [0.5, 0.6) is 5.75 Å². The standard InChI is InChI=1S/C22H23N5O2S/c1-14-11-16(29-10-9-27(2)3)6-7-18(14)25-22-26-21(28)19(30-22)12-15-13-24-20-17(15)5-4-8-23-20/h4-8,11-13H,9-10H2,1-3H3,(H,23,24)(H,25,26,28)/b19-12-. The van der Waals surface area contributed by atoms with Crippen LogP contribution in [0.2, 0.25) is 0 Å². The summed E-state index contributed by atoms with van der Waals surface area (Å²) in [6.07, 6.45) is 5.45. The number of likely N-dealkylation sites (N-methyl/N-ethyl adjacent to an activating group) is 1. The number of H-pyrrole nitrogens is 1. The van der Waals surface area contributed by atoms with Crippen molar-refractivity contribution in [3.8, 4) is 5.75 Å². The Bertz CT molecular complexity index is 1150. The number of benzene rings is 1. The lowest BCUT2D eigenvalue weighted by molar-refractivity contribution is -0.115. The van der Waals surface area contributed by atoms with Gasteiger partial charge in [0.05, 0.1) is 10.6 Å². The summed E-state index contributed by atoms with van der Waals surface area (Å²) in [4.78, 5) is 27.1. The number of thioether (sulfide) groups is 1. The summed E-state index contributed by atoms with van der Waals surface area (Å²) in [5.74, 6) is 0.660. The van der Waals surface area contributed by atoms with E-state index in [9.17, 15) is 4.79 Å². The van der Waals surface area contributed by atoms with E-state index in [1.165, 1.54) is 11.8 Å². The molecule has 0 saturated carbocycles. The summed E-state index contributed by atoms with van der Waals surface area (Å²) in [5.41, 5.74) is 3.51. The highest BCUT2D eigenvalue weighted by Crippen LogP contribution is 2.31. The van der Waals surface area contributed by atoms with Gasteiger partial charge in [0.2, 0.25) is 0 Å². The number of aliphatic imine (C=N–C) groups is 1. The molecule has 0 radical (unpaired) electrons. The molecule has 1 aliphatic rings. The predicted molar refractivity (Wildman–Crippen MR) is 122 cm³/mol. The highest BCUT2D eigenvalue weighted by atomic mass is 32.2. The first-order valence-electron chi connectivity index (χ1n) is 9.59. The van der Waals surface area contributed by atoms with Gasteiger partial charge >= 0.3 is 0 Å². The Balaban J connectivity index is 1.49. The van der Waals surface area contributed by atoms with E-state index in [0.717, 1.165) is 40.1 Å². The van der Waals surface area contributed by atoms with Crippen LogP contribution >= 0.6 is 11.8 Å². The van der Waals surface area contributed by atoms with E-state index in [2.05, 4.69) is 25.2 Å².